The quantitative estimate of drug-likeness (QED) is 0.547. The van der Waals surface area contributed by atoms with E-state index >= 15 is 0 Å². The zero-order valence-electron chi connectivity index (χ0n) is 13.7. The van der Waals surface area contributed by atoms with E-state index in [1.165, 1.54) is 28.9 Å². The van der Waals surface area contributed by atoms with Crippen molar-refractivity contribution >= 4 is 28.8 Å². The Morgan fingerprint density at radius 3 is 2.50 bits per heavy atom. The molecule has 0 aliphatic heterocycles. The number of benzene rings is 1. The van der Waals surface area contributed by atoms with Crippen molar-refractivity contribution in [3.05, 3.63) is 65.4 Å². The molecule has 0 atom stereocenters. The van der Waals surface area contributed by atoms with E-state index in [1.54, 1.807) is 24.3 Å². The molecule has 0 bridgehead atoms. The molecule has 0 spiro atoms. The Morgan fingerprint density at radius 1 is 1.07 bits per heavy atom. The first-order valence-corrected chi connectivity index (χ1v) is 8.14. The molecule has 0 unspecified atom stereocenters. The summed E-state index contributed by atoms with van der Waals surface area (Å²) in [5.74, 6) is -2.11. The van der Waals surface area contributed by atoms with Gasteiger partial charge in [-0.25, -0.2) is 4.98 Å². The van der Waals surface area contributed by atoms with Crippen LogP contribution in [0.3, 0.4) is 0 Å². The Kier molecular flexibility index (Phi) is 4.27. The number of nitrogens with zero attached hydrogens (tertiary/aromatic N) is 4. The fourth-order valence-corrected chi connectivity index (χ4v) is 2.54. The normalized spacial score (nSPS) is 11.7. The number of anilines is 1. The highest BCUT2D eigenvalue weighted by Crippen LogP contribution is 2.29. The monoisotopic (exact) mass is 407 g/mol. The second kappa shape index (κ2) is 6.64. The summed E-state index contributed by atoms with van der Waals surface area (Å²) in [7, 11) is 0. The lowest BCUT2D eigenvalue weighted by Crippen LogP contribution is -2.12. The zero-order valence-corrected chi connectivity index (χ0v) is 14.5. The predicted molar refractivity (Wildman–Crippen MR) is 92.9 cm³/mol. The van der Waals surface area contributed by atoms with E-state index < -0.39 is 18.0 Å². The van der Waals surface area contributed by atoms with Crippen LogP contribution in [0.4, 0.5) is 18.9 Å². The van der Waals surface area contributed by atoms with Crippen molar-refractivity contribution in [2.45, 2.75) is 6.18 Å². The standard InChI is InChI=1S/C17H9ClF3N5O2/c18-10-2-4-11(5-3-10)22-15(27)12-8-26-7-9(1-6-13(26)23-12)14-24-16(28-25-14)17(19,20)21/h1-8H,(H,22,27). The molecule has 1 aromatic carbocycles. The van der Waals surface area contributed by atoms with Crippen LogP contribution in [0.1, 0.15) is 16.4 Å². The van der Waals surface area contributed by atoms with Gasteiger partial charge in [0.2, 0.25) is 5.82 Å². The van der Waals surface area contributed by atoms with Crippen LogP contribution in [-0.4, -0.2) is 25.4 Å². The second-order valence-electron chi connectivity index (χ2n) is 5.69. The van der Waals surface area contributed by atoms with Gasteiger partial charge in [-0.3, -0.25) is 4.79 Å². The van der Waals surface area contributed by atoms with E-state index in [4.69, 9.17) is 11.6 Å². The van der Waals surface area contributed by atoms with Gasteiger partial charge in [0.05, 0.1) is 0 Å². The number of pyridine rings is 1. The van der Waals surface area contributed by atoms with E-state index in [2.05, 4.69) is 25.0 Å². The summed E-state index contributed by atoms with van der Waals surface area (Å²) < 4.78 is 43.5. The number of alkyl halides is 3. The van der Waals surface area contributed by atoms with Crippen LogP contribution in [0.25, 0.3) is 17.0 Å². The fraction of sp³-hybridized carbons (Fsp3) is 0.0588. The molecule has 0 saturated carbocycles. The molecule has 0 fully saturated rings. The molecule has 0 aliphatic carbocycles. The number of aromatic nitrogens is 4. The van der Waals surface area contributed by atoms with E-state index in [-0.39, 0.29) is 17.1 Å². The van der Waals surface area contributed by atoms with Gasteiger partial charge < -0.3 is 14.2 Å². The lowest BCUT2D eigenvalue weighted by Gasteiger charge is -2.02. The Morgan fingerprint density at radius 2 is 1.82 bits per heavy atom. The summed E-state index contributed by atoms with van der Waals surface area (Å²) in [4.78, 5) is 19.9. The summed E-state index contributed by atoms with van der Waals surface area (Å²) in [5.41, 5.74) is 1.35. The third-order valence-electron chi connectivity index (χ3n) is 3.71. The van der Waals surface area contributed by atoms with Crippen LogP contribution < -0.4 is 5.32 Å². The van der Waals surface area contributed by atoms with Gasteiger partial charge in [-0.05, 0) is 36.4 Å². The summed E-state index contributed by atoms with van der Waals surface area (Å²) in [6, 6.07) is 9.55. The molecule has 1 amide bonds. The molecule has 4 rings (SSSR count). The third-order valence-corrected chi connectivity index (χ3v) is 3.96. The molecule has 142 valence electrons. The van der Waals surface area contributed by atoms with Crippen molar-refractivity contribution < 1.29 is 22.5 Å². The van der Waals surface area contributed by atoms with E-state index in [9.17, 15) is 18.0 Å². The maximum Gasteiger partial charge on any atom is 0.471 e. The van der Waals surface area contributed by atoms with Gasteiger partial charge >= 0.3 is 12.1 Å². The molecule has 3 heterocycles. The van der Waals surface area contributed by atoms with Gasteiger partial charge in [-0.1, -0.05) is 16.8 Å². The molecule has 0 radical (unpaired) electrons. The number of hydrogen-bond donors (Lipinski definition) is 1. The molecule has 0 aliphatic rings. The van der Waals surface area contributed by atoms with Gasteiger partial charge in [-0.2, -0.15) is 18.2 Å². The molecule has 7 nitrogen and oxygen atoms in total. The van der Waals surface area contributed by atoms with Crippen LogP contribution in [0, 0.1) is 0 Å². The third kappa shape index (κ3) is 3.54. The highest BCUT2D eigenvalue weighted by Gasteiger charge is 2.38. The number of amides is 1. The van der Waals surface area contributed by atoms with Crippen molar-refractivity contribution in [2.75, 3.05) is 5.32 Å². The average molecular weight is 408 g/mol. The Bertz CT molecular complexity index is 1170. The van der Waals surface area contributed by atoms with Gasteiger partial charge in [-0.15, -0.1) is 0 Å². The van der Waals surface area contributed by atoms with Gasteiger partial charge in [0, 0.05) is 28.7 Å². The van der Waals surface area contributed by atoms with Crippen LogP contribution in [0.5, 0.6) is 0 Å². The summed E-state index contributed by atoms with van der Waals surface area (Å²) >= 11 is 5.80. The number of imidazole rings is 1. The average Bonchev–Trinajstić information content (AvgIpc) is 3.29. The minimum absolute atomic E-state index is 0.121. The Balaban J connectivity index is 1.60. The van der Waals surface area contributed by atoms with E-state index in [0.29, 0.717) is 16.4 Å². The van der Waals surface area contributed by atoms with Crippen molar-refractivity contribution in [2.24, 2.45) is 0 Å². The first-order chi connectivity index (χ1) is 13.3. The lowest BCUT2D eigenvalue weighted by atomic mass is 10.3. The Labute approximate surface area is 159 Å². The van der Waals surface area contributed by atoms with Gasteiger partial charge in [0.15, 0.2) is 0 Å². The molecule has 28 heavy (non-hydrogen) atoms. The fourth-order valence-electron chi connectivity index (χ4n) is 2.42. The number of fused-ring (bicyclic) bond motifs is 1. The highest BCUT2D eigenvalue weighted by molar-refractivity contribution is 6.30. The predicted octanol–water partition coefficient (Wildman–Crippen LogP) is 4.31. The number of carbonyl (C=O) groups excluding carboxylic acids is 1. The highest BCUT2D eigenvalue weighted by atomic mass is 35.5. The minimum Gasteiger partial charge on any atom is -0.329 e. The molecular formula is C17H9ClF3N5O2. The minimum atomic E-state index is -4.72. The maximum absolute atomic E-state index is 12.6. The first-order valence-electron chi connectivity index (χ1n) is 7.76. The van der Waals surface area contributed by atoms with Gasteiger partial charge in [0.25, 0.3) is 5.91 Å². The molecule has 0 saturated heterocycles. The van der Waals surface area contributed by atoms with Crippen molar-refractivity contribution in [3.63, 3.8) is 0 Å². The van der Waals surface area contributed by atoms with Crippen molar-refractivity contribution in [1.82, 2.24) is 19.5 Å². The van der Waals surface area contributed by atoms with Crippen LogP contribution in [0.15, 0.2) is 53.3 Å². The topological polar surface area (TPSA) is 85.3 Å². The van der Waals surface area contributed by atoms with Gasteiger partial charge in [0.1, 0.15) is 11.3 Å². The molecular weight excluding hydrogens is 399 g/mol. The lowest BCUT2D eigenvalue weighted by molar-refractivity contribution is -0.159. The van der Waals surface area contributed by atoms with E-state index in [1.807, 2.05) is 0 Å². The SMILES string of the molecule is O=C(Nc1ccc(Cl)cc1)c1cn2cc(-c3noc(C(F)(F)F)n3)ccc2n1. The molecule has 3 aromatic heterocycles. The Hall–Kier alpha value is -3.40. The molecule has 11 heteroatoms. The smallest absolute Gasteiger partial charge is 0.329 e. The summed E-state index contributed by atoms with van der Waals surface area (Å²) in [6.45, 7) is 0. The van der Waals surface area contributed by atoms with Crippen LogP contribution in [-0.2, 0) is 6.18 Å². The number of rotatable bonds is 3. The van der Waals surface area contributed by atoms with Crippen molar-refractivity contribution in [1.29, 1.82) is 0 Å². The molecule has 4 aromatic rings. The number of carbonyl (C=O) groups is 1. The number of hydrogen-bond acceptors (Lipinski definition) is 5. The maximum atomic E-state index is 12.6. The second-order valence-corrected chi connectivity index (χ2v) is 6.13. The van der Waals surface area contributed by atoms with Crippen LogP contribution >= 0.6 is 11.6 Å². The summed E-state index contributed by atoms with van der Waals surface area (Å²) in [6.07, 6.45) is -1.83. The number of nitrogens with one attached hydrogen (secondary N) is 1. The first kappa shape index (κ1) is 18.0. The van der Waals surface area contributed by atoms with E-state index in [0.717, 1.165) is 0 Å². The zero-order chi connectivity index (χ0) is 19.9. The largest absolute Gasteiger partial charge is 0.471 e. The summed E-state index contributed by atoms with van der Waals surface area (Å²) in [5, 5.41) is 6.54. The van der Waals surface area contributed by atoms with Crippen LogP contribution in [0.2, 0.25) is 5.02 Å². The number of halogens is 4. The van der Waals surface area contributed by atoms with Crippen molar-refractivity contribution in [3.8, 4) is 11.4 Å². The molecule has 1 N–H and O–H groups in total.